The summed E-state index contributed by atoms with van der Waals surface area (Å²) in [7, 11) is 0. The maximum atomic E-state index is 12.7. The zero-order chi connectivity index (χ0) is 18.0. The number of β-amino-alcohol motifs (C(OH)–C–C–N with tert-alkyl or cyclic N) is 1. The van der Waals surface area contributed by atoms with Crippen molar-refractivity contribution >= 4 is 11.6 Å². The molecule has 2 aliphatic rings. The first-order valence-electron chi connectivity index (χ1n) is 9.71. The molecule has 138 valence electrons. The van der Waals surface area contributed by atoms with Gasteiger partial charge in [0.1, 0.15) is 0 Å². The second-order valence-corrected chi connectivity index (χ2v) is 8.58. The molecule has 2 heterocycles. The molecule has 0 aliphatic carbocycles. The molecule has 4 heteroatoms. The topological polar surface area (TPSA) is 43.8 Å². The number of carbonyl (C=O) groups excluding carboxylic acids is 1. The van der Waals surface area contributed by atoms with E-state index in [9.17, 15) is 9.90 Å². The standard InChI is InChI=1S/C21H32N2O2/c1-21(2,3)20(25)23-13-7-8-16-14-17(9-10-18(16)23)19(24)15-22-11-5-4-6-12-22/h9-10,14,19,24H,4-8,11-13,15H2,1-3H3. The van der Waals surface area contributed by atoms with Gasteiger partial charge in [0.05, 0.1) is 6.10 Å². The number of aliphatic hydroxyl groups is 1. The average molecular weight is 344 g/mol. The summed E-state index contributed by atoms with van der Waals surface area (Å²) < 4.78 is 0. The lowest BCUT2D eigenvalue weighted by Crippen LogP contribution is -2.42. The van der Waals surface area contributed by atoms with Crippen LogP contribution in [0.2, 0.25) is 0 Å². The van der Waals surface area contributed by atoms with Crippen molar-refractivity contribution in [2.75, 3.05) is 31.1 Å². The number of aliphatic hydroxyl groups excluding tert-OH is 1. The largest absolute Gasteiger partial charge is 0.387 e. The molecule has 1 saturated heterocycles. The van der Waals surface area contributed by atoms with Gasteiger partial charge in [-0.1, -0.05) is 39.3 Å². The van der Waals surface area contributed by atoms with E-state index in [2.05, 4.69) is 11.0 Å². The van der Waals surface area contributed by atoms with E-state index in [0.29, 0.717) is 6.54 Å². The Kier molecular flexibility index (Phi) is 5.49. The van der Waals surface area contributed by atoms with Crippen molar-refractivity contribution < 1.29 is 9.90 Å². The van der Waals surface area contributed by atoms with E-state index in [1.165, 1.54) is 24.8 Å². The number of hydrogen-bond acceptors (Lipinski definition) is 3. The van der Waals surface area contributed by atoms with Gasteiger partial charge in [-0.2, -0.15) is 0 Å². The number of aryl methyl sites for hydroxylation is 1. The highest BCUT2D eigenvalue weighted by Gasteiger charge is 2.31. The van der Waals surface area contributed by atoms with Crippen LogP contribution in [-0.4, -0.2) is 42.1 Å². The Morgan fingerprint density at radius 2 is 1.84 bits per heavy atom. The highest BCUT2D eigenvalue weighted by Crippen LogP contribution is 2.33. The van der Waals surface area contributed by atoms with Crippen LogP contribution in [0.1, 0.15) is 63.7 Å². The number of hydrogen-bond donors (Lipinski definition) is 1. The Morgan fingerprint density at radius 3 is 2.52 bits per heavy atom. The van der Waals surface area contributed by atoms with Gasteiger partial charge in [0.2, 0.25) is 5.91 Å². The number of benzene rings is 1. The zero-order valence-electron chi connectivity index (χ0n) is 15.9. The normalized spacial score (nSPS) is 20.2. The fourth-order valence-corrected chi connectivity index (χ4v) is 3.93. The molecule has 4 nitrogen and oxygen atoms in total. The van der Waals surface area contributed by atoms with Crippen molar-refractivity contribution in [2.24, 2.45) is 5.41 Å². The van der Waals surface area contributed by atoms with Crippen molar-refractivity contribution in [3.63, 3.8) is 0 Å². The molecule has 1 fully saturated rings. The molecular weight excluding hydrogens is 312 g/mol. The Labute approximate surface area is 151 Å². The Hall–Kier alpha value is -1.39. The van der Waals surface area contributed by atoms with Gasteiger partial charge in [0, 0.05) is 24.2 Å². The molecule has 0 aromatic heterocycles. The van der Waals surface area contributed by atoms with Crippen molar-refractivity contribution in [3.8, 4) is 0 Å². The van der Waals surface area contributed by atoms with E-state index in [1.807, 2.05) is 37.8 Å². The number of nitrogens with zero attached hydrogens (tertiary/aromatic N) is 2. The SMILES string of the molecule is CC(C)(C)C(=O)N1CCCc2cc(C(O)CN3CCCCC3)ccc21. The van der Waals surface area contributed by atoms with E-state index in [0.717, 1.165) is 43.7 Å². The lowest BCUT2D eigenvalue weighted by molar-refractivity contribution is -0.125. The van der Waals surface area contributed by atoms with Gasteiger partial charge >= 0.3 is 0 Å². The summed E-state index contributed by atoms with van der Waals surface area (Å²) in [6.07, 6.45) is 5.30. The number of rotatable bonds is 3. The average Bonchev–Trinajstić information content (AvgIpc) is 2.60. The van der Waals surface area contributed by atoms with E-state index in [4.69, 9.17) is 0 Å². The molecule has 3 rings (SSSR count). The third-order valence-electron chi connectivity index (χ3n) is 5.37. The fraction of sp³-hybridized carbons (Fsp3) is 0.667. The van der Waals surface area contributed by atoms with Crippen LogP contribution >= 0.6 is 0 Å². The van der Waals surface area contributed by atoms with E-state index >= 15 is 0 Å². The first-order valence-corrected chi connectivity index (χ1v) is 9.71. The summed E-state index contributed by atoms with van der Waals surface area (Å²) in [5.41, 5.74) is 2.83. The smallest absolute Gasteiger partial charge is 0.232 e. The number of amides is 1. The molecule has 1 amide bonds. The van der Waals surface area contributed by atoms with Gasteiger partial charge < -0.3 is 14.9 Å². The first-order chi connectivity index (χ1) is 11.9. The highest BCUT2D eigenvalue weighted by atomic mass is 16.3. The molecular formula is C21H32N2O2. The number of anilines is 1. The first kappa shape index (κ1) is 18.4. The molecule has 2 aliphatic heterocycles. The lowest BCUT2D eigenvalue weighted by Gasteiger charge is -2.35. The quantitative estimate of drug-likeness (QED) is 0.912. The summed E-state index contributed by atoms with van der Waals surface area (Å²) in [6.45, 7) is 9.61. The van der Waals surface area contributed by atoms with Crippen LogP contribution in [0.4, 0.5) is 5.69 Å². The van der Waals surface area contributed by atoms with Gasteiger partial charge in [-0.3, -0.25) is 4.79 Å². The minimum absolute atomic E-state index is 0.176. The summed E-state index contributed by atoms with van der Waals surface area (Å²) >= 11 is 0. The molecule has 25 heavy (non-hydrogen) atoms. The van der Waals surface area contributed by atoms with Crippen LogP contribution in [0.3, 0.4) is 0 Å². The molecule has 0 radical (unpaired) electrons. The maximum Gasteiger partial charge on any atom is 0.232 e. The minimum Gasteiger partial charge on any atom is -0.387 e. The Bertz CT molecular complexity index is 615. The monoisotopic (exact) mass is 344 g/mol. The lowest BCUT2D eigenvalue weighted by atomic mass is 9.91. The van der Waals surface area contributed by atoms with Crippen LogP contribution in [0.15, 0.2) is 18.2 Å². The number of fused-ring (bicyclic) bond motifs is 1. The number of likely N-dealkylation sites (tertiary alicyclic amines) is 1. The Balaban J connectivity index is 1.76. The van der Waals surface area contributed by atoms with Crippen LogP contribution in [0, 0.1) is 5.41 Å². The van der Waals surface area contributed by atoms with Crippen molar-refractivity contribution in [1.29, 1.82) is 0 Å². The molecule has 1 aromatic carbocycles. The third-order valence-corrected chi connectivity index (χ3v) is 5.37. The summed E-state index contributed by atoms with van der Waals surface area (Å²) in [5.74, 6) is 0.176. The minimum atomic E-state index is -0.447. The predicted molar refractivity (Wildman–Crippen MR) is 102 cm³/mol. The van der Waals surface area contributed by atoms with Gasteiger partial charge in [-0.25, -0.2) is 0 Å². The van der Waals surface area contributed by atoms with Gasteiger partial charge in [-0.15, -0.1) is 0 Å². The van der Waals surface area contributed by atoms with Gasteiger partial charge in [0.15, 0.2) is 0 Å². The van der Waals surface area contributed by atoms with Crippen LogP contribution in [0.5, 0.6) is 0 Å². The van der Waals surface area contributed by atoms with Crippen LogP contribution in [0.25, 0.3) is 0 Å². The van der Waals surface area contributed by atoms with E-state index in [-0.39, 0.29) is 11.3 Å². The molecule has 1 atom stereocenters. The predicted octanol–water partition coefficient (Wildman–Crippen LogP) is 3.53. The highest BCUT2D eigenvalue weighted by molar-refractivity contribution is 5.98. The second-order valence-electron chi connectivity index (χ2n) is 8.58. The number of carbonyl (C=O) groups is 1. The van der Waals surface area contributed by atoms with Crippen molar-refractivity contribution in [1.82, 2.24) is 4.90 Å². The molecule has 0 saturated carbocycles. The summed E-state index contributed by atoms with van der Waals surface area (Å²) in [4.78, 5) is 17.0. The number of piperidine rings is 1. The molecule has 1 aromatic rings. The molecule has 0 spiro atoms. The van der Waals surface area contributed by atoms with Crippen LogP contribution < -0.4 is 4.90 Å². The summed E-state index contributed by atoms with van der Waals surface area (Å²) in [5, 5.41) is 10.7. The third kappa shape index (κ3) is 4.24. The van der Waals surface area contributed by atoms with E-state index in [1.54, 1.807) is 0 Å². The van der Waals surface area contributed by atoms with Gasteiger partial charge in [0.25, 0.3) is 0 Å². The zero-order valence-corrected chi connectivity index (χ0v) is 15.9. The maximum absolute atomic E-state index is 12.7. The molecule has 1 N–H and O–H groups in total. The van der Waals surface area contributed by atoms with Crippen molar-refractivity contribution in [2.45, 2.75) is 59.0 Å². The van der Waals surface area contributed by atoms with Crippen molar-refractivity contribution in [3.05, 3.63) is 29.3 Å². The fourth-order valence-electron chi connectivity index (χ4n) is 3.93. The Morgan fingerprint density at radius 1 is 1.12 bits per heavy atom. The van der Waals surface area contributed by atoms with E-state index < -0.39 is 6.10 Å². The van der Waals surface area contributed by atoms with Crippen LogP contribution in [-0.2, 0) is 11.2 Å². The second kappa shape index (κ2) is 7.46. The van der Waals surface area contributed by atoms with Gasteiger partial charge in [-0.05, 0) is 56.0 Å². The molecule has 0 bridgehead atoms. The summed E-state index contributed by atoms with van der Waals surface area (Å²) in [6, 6.07) is 6.15. The molecule has 1 unspecified atom stereocenters.